The van der Waals surface area contributed by atoms with Crippen LogP contribution in [-0.4, -0.2) is 84.9 Å². The molecule has 2 spiro atoms. The Bertz CT molecular complexity index is 1100. The lowest BCUT2D eigenvalue weighted by molar-refractivity contribution is -0.121. The van der Waals surface area contributed by atoms with Crippen LogP contribution >= 0.6 is 0 Å². The van der Waals surface area contributed by atoms with Crippen molar-refractivity contribution in [3.8, 4) is 0 Å². The van der Waals surface area contributed by atoms with Crippen molar-refractivity contribution in [3.05, 3.63) is 23.9 Å². The first-order chi connectivity index (χ1) is 16.2. The van der Waals surface area contributed by atoms with Gasteiger partial charge in [-0.2, -0.15) is 10.1 Å². The highest BCUT2D eigenvalue weighted by molar-refractivity contribution is 5.77. The van der Waals surface area contributed by atoms with Crippen LogP contribution in [0.3, 0.4) is 0 Å². The predicted octanol–water partition coefficient (Wildman–Crippen LogP) is 2.41. The van der Waals surface area contributed by atoms with Crippen molar-refractivity contribution in [1.82, 2.24) is 39.6 Å². The summed E-state index contributed by atoms with van der Waals surface area (Å²) < 4.78 is 7.51. The fourth-order valence-corrected chi connectivity index (χ4v) is 6.40. The Hall–Kier alpha value is -2.49. The normalized spacial score (nSPS) is 25.7. The number of amides is 2. The van der Waals surface area contributed by atoms with Crippen LogP contribution in [0.5, 0.6) is 0 Å². The number of rotatable bonds is 4. The number of hydrogen-bond acceptors (Lipinski definition) is 7. The molecule has 2 aromatic heterocycles. The van der Waals surface area contributed by atoms with Crippen LogP contribution in [-0.2, 0) is 12.0 Å². The Morgan fingerprint density at radius 3 is 2.35 bits per heavy atom. The van der Waals surface area contributed by atoms with Crippen molar-refractivity contribution < 1.29 is 9.32 Å². The van der Waals surface area contributed by atoms with Crippen molar-refractivity contribution >= 4 is 6.03 Å². The van der Waals surface area contributed by atoms with Crippen LogP contribution < -0.4 is 0 Å². The van der Waals surface area contributed by atoms with Gasteiger partial charge in [0.2, 0.25) is 5.89 Å². The highest BCUT2D eigenvalue weighted by Gasteiger charge is 2.58. The van der Waals surface area contributed by atoms with E-state index in [0.717, 1.165) is 63.8 Å². The average molecular weight is 467 g/mol. The molecule has 2 amide bonds. The highest BCUT2D eigenvalue weighted by Crippen LogP contribution is 2.54. The summed E-state index contributed by atoms with van der Waals surface area (Å²) in [5, 5.41) is 8.82. The second kappa shape index (κ2) is 6.80. The van der Waals surface area contributed by atoms with E-state index in [0.29, 0.717) is 29.8 Å². The molecule has 2 saturated carbocycles. The van der Waals surface area contributed by atoms with E-state index in [1.807, 2.05) is 16.1 Å². The zero-order valence-electron chi connectivity index (χ0n) is 20.4. The molecular formula is C24H34N8O2. The molecular weight excluding hydrogens is 432 g/mol. The Morgan fingerprint density at radius 1 is 1.06 bits per heavy atom. The highest BCUT2D eigenvalue weighted by atomic mass is 16.5. The smallest absolute Gasteiger partial charge is 0.320 e. The fourth-order valence-electron chi connectivity index (χ4n) is 6.40. The fraction of sp³-hybridized carbons (Fsp3) is 0.792. The van der Waals surface area contributed by atoms with Crippen LogP contribution in [0.2, 0.25) is 0 Å². The molecule has 3 aliphatic heterocycles. The molecule has 0 unspecified atom stereocenters. The summed E-state index contributed by atoms with van der Waals surface area (Å²) in [4.78, 5) is 28.4. The lowest BCUT2D eigenvalue weighted by Gasteiger charge is -2.63. The van der Waals surface area contributed by atoms with Crippen LogP contribution in [0.1, 0.15) is 76.0 Å². The third-order valence-electron chi connectivity index (χ3n) is 8.44. The molecule has 34 heavy (non-hydrogen) atoms. The molecule has 0 atom stereocenters. The van der Waals surface area contributed by atoms with Gasteiger partial charge < -0.3 is 14.3 Å². The molecule has 3 saturated heterocycles. The van der Waals surface area contributed by atoms with E-state index >= 15 is 0 Å². The lowest BCUT2D eigenvalue weighted by Crippen LogP contribution is -2.75. The van der Waals surface area contributed by atoms with E-state index in [9.17, 15) is 4.79 Å². The van der Waals surface area contributed by atoms with E-state index < -0.39 is 0 Å². The van der Waals surface area contributed by atoms with Crippen molar-refractivity contribution in [2.45, 2.75) is 70.4 Å². The Balaban J connectivity index is 0.844. The van der Waals surface area contributed by atoms with E-state index in [1.165, 1.54) is 12.8 Å². The average Bonchev–Trinajstić information content (AvgIpc) is 3.19. The van der Waals surface area contributed by atoms with Gasteiger partial charge in [-0.1, -0.05) is 25.9 Å². The Labute approximate surface area is 199 Å². The molecule has 7 rings (SSSR count). The molecule has 10 heteroatoms. The summed E-state index contributed by atoms with van der Waals surface area (Å²) in [7, 11) is 0. The third kappa shape index (κ3) is 3.36. The largest absolute Gasteiger partial charge is 0.338 e. The summed E-state index contributed by atoms with van der Waals surface area (Å²) in [6.07, 6.45) is 6.63. The van der Waals surface area contributed by atoms with Gasteiger partial charge in [0.1, 0.15) is 6.33 Å². The number of hydrogen-bond donors (Lipinski definition) is 0. The molecule has 2 aromatic rings. The number of urea groups is 1. The maximum absolute atomic E-state index is 12.9. The molecule has 5 fully saturated rings. The Kier molecular flexibility index (Phi) is 4.17. The van der Waals surface area contributed by atoms with E-state index in [1.54, 1.807) is 0 Å². The van der Waals surface area contributed by atoms with E-state index in [-0.39, 0.29) is 16.9 Å². The van der Waals surface area contributed by atoms with Crippen LogP contribution in [0.25, 0.3) is 0 Å². The first kappa shape index (κ1) is 20.8. The first-order valence-electron chi connectivity index (χ1n) is 12.7. The van der Waals surface area contributed by atoms with E-state index in [4.69, 9.17) is 9.62 Å². The third-order valence-corrected chi connectivity index (χ3v) is 8.44. The number of aromatic nitrogens is 5. The first-order valence-corrected chi connectivity index (χ1v) is 12.7. The second-order valence-electron chi connectivity index (χ2n) is 12.8. The molecule has 0 N–H and O–H groups in total. The van der Waals surface area contributed by atoms with Gasteiger partial charge in [-0.3, -0.25) is 4.90 Å². The zero-order chi connectivity index (χ0) is 23.3. The van der Waals surface area contributed by atoms with Gasteiger partial charge in [-0.25, -0.2) is 14.5 Å². The summed E-state index contributed by atoms with van der Waals surface area (Å²) in [5.74, 6) is 3.08. The number of carbonyl (C=O) groups excluding carboxylic acids is 1. The maximum atomic E-state index is 12.9. The van der Waals surface area contributed by atoms with Crippen molar-refractivity contribution in [1.29, 1.82) is 0 Å². The minimum atomic E-state index is -0.0987. The molecule has 2 aliphatic carbocycles. The van der Waals surface area contributed by atoms with Crippen LogP contribution in [0.15, 0.2) is 10.9 Å². The summed E-state index contributed by atoms with van der Waals surface area (Å²) in [5.41, 5.74) is 0.482. The van der Waals surface area contributed by atoms with Gasteiger partial charge in [0.05, 0.1) is 12.6 Å². The van der Waals surface area contributed by atoms with Crippen molar-refractivity contribution in [2.75, 3.05) is 39.3 Å². The monoisotopic (exact) mass is 466 g/mol. The summed E-state index contributed by atoms with van der Waals surface area (Å²) in [6, 6.07) is 0.686. The van der Waals surface area contributed by atoms with Crippen LogP contribution in [0, 0.1) is 10.8 Å². The number of carbonyl (C=O) groups is 1. The summed E-state index contributed by atoms with van der Waals surface area (Å²) in [6.45, 7) is 12.5. The maximum Gasteiger partial charge on any atom is 0.320 e. The molecule has 182 valence electrons. The standard InChI is InChI=1S/C24H34N8O2/c1-22(2,3)20-26-18(34-28-20)8-29-9-24(10-29)13-31(14-24)21(33)30-11-23(12-30)6-17(7-23)32-15-25-19(27-32)16-4-5-16/h15-17H,4-14H2,1-3H3. The molecule has 0 bridgehead atoms. The molecule has 0 radical (unpaired) electrons. The zero-order valence-corrected chi connectivity index (χ0v) is 20.4. The molecule has 5 aliphatic rings. The molecule has 10 nitrogen and oxygen atoms in total. The predicted molar refractivity (Wildman–Crippen MR) is 122 cm³/mol. The second-order valence-corrected chi connectivity index (χ2v) is 12.8. The van der Waals surface area contributed by atoms with Gasteiger partial charge in [0.15, 0.2) is 11.6 Å². The quantitative estimate of drug-likeness (QED) is 0.683. The minimum Gasteiger partial charge on any atom is -0.338 e. The van der Waals surface area contributed by atoms with Gasteiger partial charge in [0.25, 0.3) is 0 Å². The molecule has 0 aromatic carbocycles. The van der Waals surface area contributed by atoms with E-state index in [2.05, 4.69) is 45.5 Å². The van der Waals surface area contributed by atoms with Gasteiger partial charge in [-0.05, 0) is 25.7 Å². The Morgan fingerprint density at radius 2 is 1.74 bits per heavy atom. The summed E-state index contributed by atoms with van der Waals surface area (Å²) >= 11 is 0. The van der Waals surface area contributed by atoms with Crippen molar-refractivity contribution in [2.24, 2.45) is 10.8 Å². The lowest BCUT2D eigenvalue weighted by atomic mass is 9.60. The van der Waals surface area contributed by atoms with Crippen LogP contribution in [0.4, 0.5) is 4.79 Å². The number of likely N-dealkylation sites (tertiary alicyclic amines) is 3. The number of nitrogens with zero attached hydrogens (tertiary/aromatic N) is 8. The molecule has 5 heterocycles. The van der Waals surface area contributed by atoms with Crippen molar-refractivity contribution in [3.63, 3.8) is 0 Å². The SMILES string of the molecule is CC(C)(C)c1noc(CN2CC3(C2)CN(C(=O)N2CC4(CC(n5cnc(C6CC6)n5)C4)C2)C3)n1. The van der Waals surface area contributed by atoms with Gasteiger partial charge in [-0.15, -0.1) is 0 Å². The van der Waals surface area contributed by atoms with Gasteiger partial charge in [0, 0.05) is 61.4 Å². The van der Waals surface area contributed by atoms with Gasteiger partial charge >= 0.3 is 6.03 Å². The topological polar surface area (TPSA) is 96.4 Å². The minimum absolute atomic E-state index is 0.0987.